The van der Waals surface area contributed by atoms with Crippen molar-refractivity contribution < 1.29 is 0 Å². The molecule has 4 rings (SSSR count). The van der Waals surface area contributed by atoms with E-state index in [1.54, 1.807) is 4.68 Å². The number of aliphatic imine (C=N–C) groups is 1. The molecule has 0 bridgehead atoms. The van der Waals surface area contributed by atoms with Gasteiger partial charge >= 0.3 is 5.69 Å². The molecule has 1 fully saturated rings. The number of hydrogen-bond acceptors (Lipinski definition) is 3. The number of nitrogens with one attached hydrogen (secondary N) is 1. The quantitative estimate of drug-likeness (QED) is 0.487. The fourth-order valence-corrected chi connectivity index (χ4v) is 4.31. The van der Waals surface area contributed by atoms with Crippen LogP contribution in [0.5, 0.6) is 0 Å². The number of hydrogen-bond donors (Lipinski definition) is 1. The Hall–Kier alpha value is -2.57. The van der Waals surface area contributed by atoms with Crippen molar-refractivity contribution in [1.82, 2.24) is 24.6 Å². The Bertz CT molecular complexity index is 869. The highest BCUT2D eigenvalue weighted by Gasteiger charge is 2.25. The number of rotatable bonds is 5. The highest BCUT2D eigenvalue weighted by molar-refractivity contribution is 5.80. The van der Waals surface area contributed by atoms with E-state index in [1.807, 2.05) is 11.6 Å². The Labute approximate surface area is 166 Å². The van der Waals surface area contributed by atoms with Crippen LogP contribution in [-0.4, -0.2) is 51.9 Å². The predicted octanol–water partition coefficient (Wildman–Crippen LogP) is 1.84. The smallest absolute Gasteiger partial charge is 0.345 e. The molecule has 1 atom stereocenters. The molecule has 7 nitrogen and oxygen atoms in total. The largest absolute Gasteiger partial charge is 0.356 e. The van der Waals surface area contributed by atoms with Gasteiger partial charge in [0.1, 0.15) is 5.82 Å². The zero-order valence-corrected chi connectivity index (χ0v) is 16.7. The van der Waals surface area contributed by atoms with E-state index in [1.165, 1.54) is 5.56 Å². The zero-order chi connectivity index (χ0) is 19.3. The van der Waals surface area contributed by atoms with Crippen molar-refractivity contribution >= 4 is 5.96 Å². The van der Waals surface area contributed by atoms with Crippen LogP contribution < -0.4 is 11.0 Å². The van der Waals surface area contributed by atoms with Gasteiger partial charge in [-0.15, -0.1) is 0 Å². The molecule has 2 aliphatic rings. The third-order valence-electron chi connectivity index (χ3n) is 5.83. The molecule has 1 aromatic heterocycles. The molecule has 0 aliphatic carbocycles. The fraction of sp³-hybridized carbons (Fsp3) is 0.571. The van der Waals surface area contributed by atoms with E-state index in [0.717, 1.165) is 70.1 Å². The number of likely N-dealkylation sites (tertiary alicyclic amines) is 1. The van der Waals surface area contributed by atoms with E-state index in [-0.39, 0.29) is 5.69 Å². The SMILES string of the molecule is CN=C(NCCCn1nc2n(c1=O)CCCC2)N1CCC(c2ccccc2)C1. The fourth-order valence-electron chi connectivity index (χ4n) is 4.31. The summed E-state index contributed by atoms with van der Waals surface area (Å²) in [4.78, 5) is 19.2. The van der Waals surface area contributed by atoms with E-state index >= 15 is 0 Å². The van der Waals surface area contributed by atoms with Crippen molar-refractivity contribution in [3.05, 3.63) is 52.2 Å². The molecule has 1 aromatic carbocycles. The van der Waals surface area contributed by atoms with Gasteiger partial charge in [-0.25, -0.2) is 9.48 Å². The molecule has 1 unspecified atom stereocenters. The molecule has 3 heterocycles. The Morgan fingerprint density at radius 1 is 1.25 bits per heavy atom. The van der Waals surface area contributed by atoms with Crippen molar-refractivity contribution in [2.45, 2.75) is 51.1 Å². The van der Waals surface area contributed by atoms with Gasteiger partial charge in [0.25, 0.3) is 0 Å². The Balaban J connectivity index is 1.26. The summed E-state index contributed by atoms with van der Waals surface area (Å²) < 4.78 is 3.47. The topological polar surface area (TPSA) is 67.5 Å². The van der Waals surface area contributed by atoms with Crippen molar-refractivity contribution in [3.63, 3.8) is 0 Å². The van der Waals surface area contributed by atoms with Crippen LogP contribution in [0.4, 0.5) is 0 Å². The molecule has 28 heavy (non-hydrogen) atoms. The van der Waals surface area contributed by atoms with Gasteiger partial charge in [0.15, 0.2) is 5.96 Å². The van der Waals surface area contributed by atoms with Crippen molar-refractivity contribution in [2.24, 2.45) is 4.99 Å². The lowest BCUT2D eigenvalue weighted by Gasteiger charge is -2.21. The van der Waals surface area contributed by atoms with Gasteiger partial charge in [0, 0.05) is 52.1 Å². The van der Waals surface area contributed by atoms with Crippen LogP contribution in [0, 0.1) is 0 Å². The lowest BCUT2D eigenvalue weighted by atomic mass is 9.99. The van der Waals surface area contributed by atoms with E-state index in [9.17, 15) is 4.79 Å². The van der Waals surface area contributed by atoms with Gasteiger partial charge in [-0.05, 0) is 31.2 Å². The molecular weight excluding hydrogens is 352 g/mol. The number of aromatic nitrogens is 3. The van der Waals surface area contributed by atoms with Crippen LogP contribution in [0.25, 0.3) is 0 Å². The molecule has 0 radical (unpaired) electrons. The van der Waals surface area contributed by atoms with Gasteiger partial charge in [-0.2, -0.15) is 5.10 Å². The van der Waals surface area contributed by atoms with Crippen LogP contribution in [0.1, 0.15) is 43.0 Å². The summed E-state index contributed by atoms with van der Waals surface area (Å²) in [5.74, 6) is 2.47. The number of guanidine groups is 1. The first-order valence-electron chi connectivity index (χ1n) is 10.4. The van der Waals surface area contributed by atoms with Gasteiger partial charge < -0.3 is 10.2 Å². The van der Waals surface area contributed by atoms with Crippen LogP contribution in [0.15, 0.2) is 40.1 Å². The van der Waals surface area contributed by atoms with Crippen molar-refractivity contribution in [1.29, 1.82) is 0 Å². The zero-order valence-electron chi connectivity index (χ0n) is 16.7. The maximum atomic E-state index is 12.4. The average molecular weight is 383 g/mol. The lowest BCUT2D eigenvalue weighted by Crippen LogP contribution is -2.40. The highest BCUT2D eigenvalue weighted by Crippen LogP contribution is 2.26. The summed E-state index contributed by atoms with van der Waals surface area (Å²) in [6.07, 6.45) is 5.14. The average Bonchev–Trinajstić information content (AvgIpc) is 3.35. The molecule has 0 amide bonds. The summed E-state index contributed by atoms with van der Waals surface area (Å²) in [6.45, 7) is 4.27. The second-order valence-corrected chi connectivity index (χ2v) is 7.70. The molecule has 7 heteroatoms. The van der Waals surface area contributed by atoms with Crippen molar-refractivity contribution in [2.75, 3.05) is 26.7 Å². The van der Waals surface area contributed by atoms with Gasteiger partial charge in [0.05, 0.1) is 0 Å². The lowest BCUT2D eigenvalue weighted by molar-refractivity contribution is 0.477. The maximum absolute atomic E-state index is 12.4. The summed E-state index contributed by atoms with van der Waals surface area (Å²) in [5.41, 5.74) is 1.45. The molecule has 150 valence electrons. The first-order chi connectivity index (χ1) is 13.8. The van der Waals surface area contributed by atoms with Gasteiger partial charge in [0.2, 0.25) is 0 Å². The van der Waals surface area contributed by atoms with Gasteiger partial charge in [-0.3, -0.25) is 9.56 Å². The summed E-state index contributed by atoms with van der Waals surface area (Å²) in [7, 11) is 1.84. The molecule has 2 aromatic rings. The second kappa shape index (κ2) is 8.63. The molecule has 1 N–H and O–H groups in total. The highest BCUT2D eigenvalue weighted by atomic mass is 16.2. The van der Waals surface area contributed by atoms with Gasteiger partial charge in [-0.1, -0.05) is 30.3 Å². The van der Waals surface area contributed by atoms with E-state index in [2.05, 4.69) is 50.6 Å². The third kappa shape index (κ3) is 3.98. The Morgan fingerprint density at radius 2 is 2.11 bits per heavy atom. The molecular formula is C21H30N6O. The predicted molar refractivity (Wildman–Crippen MR) is 111 cm³/mol. The van der Waals surface area contributed by atoms with E-state index in [0.29, 0.717) is 12.5 Å². The summed E-state index contributed by atoms with van der Waals surface area (Å²) in [6, 6.07) is 10.7. The maximum Gasteiger partial charge on any atom is 0.345 e. The number of aryl methyl sites for hydroxylation is 2. The van der Waals surface area contributed by atoms with Crippen LogP contribution in [0.2, 0.25) is 0 Å². The number of fused-ring (bicyclic) bond motifs is 1. The summed E-state index contributed by atoms with van der Waals surface area (Å²) in [5, 5.41) is 7.97. The third-order valence-corrected chi connectivity index (χ3v) is 5.83. The summed E-state index contributed by atoms with van der Waals surface area (Å²) >= 11 is 0. The normalized spacial score (nSPS) is 19.7. The molecule has 0 saturated carbocycles. The second-order valence-electron chi connectivity index (χ2n) is 7.70. The number of benzene rings is 1. The monoisotopic (exact) mass is 382 g/mol. The molecule has 2 aliphatic heterocycles. The van der Waals surface area contributed by atoms with Crippen LogP contribution in [-0.2, 0) is 19.5 Å². The standard InChI is InChI=1S/C21H30N6O/c1-22-20(25-15-11-18(16-25)17-8-3-2-4-9-17)23-12-7-14-27-21(28)26-13-6-5-10-19(26)24-27/h2-4,8-9,18H,5-7,10-16H2,1H3,(H,22,23). The minimum atomic E-state index is 0.0457. The number of nitrogens with zero attached hydrogens (tertiary/aromatic N) is 5. The minimum absolute atomic E-state index is 0.0457. The van der Waals surface area contributed by atoms with E-state index < -0.39 is 0 Å². The van der Waals surface area contributed by atoms with Crippen LogP contribution in [0.3, 0.4) is 0 Å². The minimum Gasteiger partial charge on any atom is -0.356 e. The Kier molecular flexibility index (Phi) is 5.78. The first kappa shape index (κ1) is 18.8. The Morgan fingerprint density at radius 3 is 2.89 bits per heavy atom. The van der Waals surface area contributed by atoms with E-state index in [4.69, 9.17) is 0 Å². The molecule has 1 saturated heterocycles. The van der Waals surface area contributed by atoms with Crippen molar-refractivity contribution in [3.8, 4) is 0 Å². The van der Waals surface area contributed by atoms with Crippen LogP contribution >= 0.6 is 0 Å². The molecule has 0 spiro atoms. The first-order valence-corrected chi connectivity index (χ1v) is 10.4.